The minimum absolute atomic E-state index is 0.0516. The fourth-order valence-electron chi connectivity index (χ4n) is 4.31. The molecule has 0 spiro atoms. The molecular formula is C29H31N3O5. The maximum Gasteiger partial charge on any atom is 0.295 e. The number of amides is 1. The Hall–Kier alpha value is -4.33. The predicted molar refractivity (Wildman–Crippen MR) is 140 cm³/mol. The zero-order valence-electron chi connectivity index (χ0n) is 20.9. The first-order valence-corrected chi connectivity index (χ1v) is 12.3. The molecular weight excluding hydrogens is 470 g/mol. The van der Waals surface area contributed by atoms with E-state index < -0.39 is 17.7 Å². The lowest BCUT2D eigenvalue weighted by molar-refractivity contribution is -0.139. The average molecular weight is 502 g/mol. The maximum absolute atomic E-state index is 13.3. The third-order valence-electron chi connectivity index (χ3n) is 6.06. The van der Waals surface area contributed by atoms with E-state index in [1.165, 1.54) is 4.90 Å². The lowest BCUT2D eigenvalue weighted by Crippen LogP contribution is -2.31. The fraction of sp³-hybridized carbons (Fsp3) is 0.276. The van der Waals surface area contributed by atoms with Crippen LogP contribution in [0.3, 0.4) is 0 Å². The van der Waals surface area contributed by atoms with Crippen molar-refractivity contribution in [2.24, 2.45) is 0 Å². The molecule has 4 rings (SSSR count). The van der Waals surface area contributed by atoms with Crippen LogP contribution in [-0.2, 0) is 16.1 Å². The van der Waals surface area contributed by atoms with Crippen molar-refractivity contribution in [2.75, 3.05) is 19.8 Å². The van der Waals surface area contributed by atoms with Crippen LogP contribution in [0.4, 0.5) is 0 Å². The Morgan fingerprint density at radius 2 is 1.92 bits per heavy atom. The highest BCUT2D eigenvalue weighted by atomic mass is 16.5. The average Bonchev–Trinajstić information content (AvgIpc) is 3.53. The number of aryl methyl sites for hydroxylation is 1. The Morgan fingerprint density at radius 3 is 2.62 bits per heavy atom. The van der Waals surface area contributed by atoms with E-state index in [1.54, 1.807) is 61.1 Å². The van der Waals surface area contributed by atoms with Crippen LogP contribution in [0, 0.1) is 0 Å². The van der Waals surface area contributed by atoms with Crippen LogP contribution in [0.1, 0.15) is 36.9 Å². The predicted octanol–water partition coefficient (Wildman–Crippen LogP) is 4.75. The van der Waals surface area contributed by atoms with Gasteiger partial charge >= 0.3 is 0 Å². The first kappa shape index (κ1) is 25.8. The molecule has 1 aromatic heterocycles. The molecule has 1 aliphatic heterocycles. The molecule has 0 radical (unpaired) electrons. The number of Topliss-reactive ketones (excluding diaryl/α,β-unsaturated/α-hetero) is 1. The van der Waals surface area contributed by atoms with Gasteiger partial charge in [-0.25, -0.2) is 4.98 Å². The Bertz CT molecular complexity index is 1260. The summed E-state index contributed by atoms with van der Waals surface area (Å²) in [7, 11) is 0. The van der Waals surface area contributed by atoms with Gasteiger partial charge in [0.1, 0.15) is 23.9 Å². The largest absolute Gasteiger partial charge is 0.507 e. The number of aliphatic hydroxyl groups excluding tert-OH is 1. The second-order valence-corrected chi connectivity index (χ2v) is 8.69. The van der Waals surface area contributed by atoms with E-state index in [9.17, 15) is 14.7 Å². The van der Waals surface area contributed by atoms with Crippen molar-refractivity contribution in [3.05, 3.63) is 96.6 Å². The van der Waals surface area contributed by atoms with Gasteiger partial charge in [-0.15, -0.1) is 0 Å². The Kier molecular flexibility index (Phi) is 8.40. The van der Waals surface area contributed by atoms with E-state index in [-0.39, 0.29) is 11.3 Å². The quantitative estimate of drug-likeness (QED) is 0.167. The molecule has 2 aromatic carbocycles. The van der Waals surface area contributed by atoms with Crippen LogP contribution >= 0.6 is 0 Å². The molecule has 1 amide bonds. The van der Waals surface area contributed by atoms with Gasteiger partial charge in [0.25, 0.3) is 11.7 Å². The normalized spacial score (nSPS) is 16.7. The second kappa shape index (κ2) is 12.1. The maximum atomic E-state index is 13.3. The van der Waals surface area contributed by atoms with Gasteiger partial charge in [0, 0.05) is 31.0 Å². The third kappa shape index (κ3) is 5.91. The molecule has 3 aromatic rings. The topological polar surface area (TPSA) is 93.9 Å². The molecule has 1 fully saturated rings. The summed E-state index contributed by atoms with van der Waals surface area (Å²) in [5.41, 5.74) is 1.16. The SMILES string of the molecule is C=CCOc1cccc(C2/C(=C(\O)c3ccc(OCCC)cc3)C(=O)C(=O)N2CCCn2ccnc2)c1. The number of nitrogens with zero attached hydrogens (tertiary/aromatic N) is 3. The summed E-state index contributed by atoms with van der Waals surface area (Å²) < 4.78 is 13.2. The number of likely N-dealkylation sites (tertiary alicyclic amines) is 1. The van der Waals surface area contributed by atoms with Crippen molar-refractivity contribution >= 4 is 17.4 Å². The van der Waals surface area contributed by atoms with Crippen LogP contribution in [0.25, 0.3) is 5.76 Å². The van der Waals surface area contributed by atoms with Gasteiger partial charge in [0.2, 0.25) is 0 Å². The van der Waals surface area contributed by atoms with Crippen LogP contribution in [0.5, 0.6) is 11.5 Å². The second-order valence-electron chi connectivity index (χ2n) is 8.69. The number of aliphatic hydroxyl groups is 1. The molecule has 1 unspecified atom stereocenters. The van der Waals surface area contributed by atoms with Crippen LogP contribution < -0.4 is 9.47 Å². The minimum atomic E-state index is -0.758. The number of imidazole rings is 1. The number of benzene rings is 2. The van der Waals surface area contributed by atoms with Gasteiger partial charge in [-0.1, -0.05) is 31.7 Å². The van der Waals surface area contributed by atoms with E-state index in [1.807, 2.05) is 23.8 Å². The van der Waals surface area contributed by atoms with E-state index in [4.69, 9.17) is 9.47 Å². The monoisotopic (exact) mass is 501 g/mol. The summed E-state index contributed by atoms with van der Waals surface area (Å²) in [5, 5.41) is 11.3. The highest BCUT2D eigenvalue weighted by molar-refractivity contribution is 6.46. The summed E-state index contributed by atoms with van der Waals surface area (Å²) >= 11 is 0. The van der Waals surface area contributed by atoms with Gasteiger partial charge < -0.3 is 24.0 Å². The molecule has 192 valence electrons. The van der Waals surface area contributed by atoms with Crippen molar-refractivity contribution in [2.45, 2.75) is 32.4 Å². The van der Waals surface area contributed by atoms with Crippen molar-refractivity contribution in [1.29, 1.82) is 0 Å². The van der Waals surface area contributed by atoms with Gasteiger partial charge in [0.15, 0.2) is 0 Å². The molecule has 1 N–H and O–H groups in total. The molecule has 2 heterocycles. The number of ketones is 1. The number of aromatic nitrogens is 2. The van der Waals surface area contributed by atoms with Crippen LogP contribution in [0.15, 0.2) is 85.5 Å². The van der Waals surface area contributed by atoms with Gasteiger partial charge in [0.05, 0.1) is 24.5 Å². The molecule has 1 saturated heterocycles. The van der Waals surface area contributed by atoms with Gasteiger partial charge in [-0.3, -0.25) is 9.59 Å². The number of carbonyl (C=O) groups excluding carboxylic acids is 2. The van der Waals surface area contributed by atoms with Crippen molar-refractivity contribution in [1.82, 2.24) is 14.5 Å². The van der Waals surface area contributed by atoms with Gasteiger partial charge in [-0.05, 0) is 54.8 Å². The molecule has 8 heteroatoms. The standard InChI is InChI=1S/C29H31N3O5/c1-3-17-36-23-11-9-21(10-12-23)27(33)25-26(22-7-5-8-24(19-22)37-18-4-2)32(29(35)28(25)34)15-6-14-31-16-13-30-20-31/h4-5,7-13,16,19-20,26,33H,2-3,6,14-15,17-18H2,1H3/b27-25+. The molecule has 1 atom stereocenters. The van der Waals surface area contributed by atoms with Gasteiger partial charge in [-0.2, -0.15) is 0 Å². The molecule has 0 bridgehead atoms. The zero-order valence-corrected chi connectivity index (χ0v) is 20.9. The minimum Gasteiger partial charge on any atom is -0.507 e. The molecule has 37 heavy (non-hydrogen) atoms. The lowest BCUT2D eigenvalue weighted by atomic mass is 9.95. The van der Waals surface area contributed by atoms with Crippen molar-refractivity contribution < 1.29 is 24.2 Å². The summed E-state index contributed by atoms with van der Waals surface area (Å²) in [4.78, 5) is 32.1. The smallest absolute Gasteiger partial charge is 0.295 e. The third-order valence-corrected chi connectivity index (χ3v) is 6.06. The Labute approximate surface area is 216 Å². The summed E-state index contributed by atoms with van der Waals surface area (Å²) in [6.45, 7) is 7.56. The number of rotatable bonds is 12. The number of ether oxygens (including phenoxy) is 2. The first-order valence-electron chi connectivity index (χ1n) is 12.3. The fourth-order valence-corrected chi connectivity index (χ4v) is 4.31. The number of carbonyl (C=O) groups is 2. The Morgan fingerprint density at radius 1 is 1.11 bits per heavy atom. The van der Waals surface area contributed by atoms with E-state index >= 15 is 0 Å². The van der Waals surface area contributed by atoms with E-state index in [2.05, 4.69) is 11.6 Å². The summed E-state index contributed by atoms with van der Waals surface area (Å²) in [5.74, 6) is -0.327. The Balaban J connectivity index is 1.70. The van der Waals surface area contributed by atoms with Crippen LogP contribution in [-0.4, -0.2) is 51.0 Å². The molecule has 0 saturated carbocycles. The van der Waals surface area contributed by atoms with E-state index in [0.717, 1.165) is 6.42 Å². The van der Waals surface area contributed by atoms with Crippen LogP contribution in [0.2, 0.25) is 0 Å². The van der Waals surface area contributed by atoms with Crippen molar-refractivity contribution in [3.63, 3.8) is 0 Å². The molecule has 8 nitrogen and oxygen atoms in total. The number of hydrogen-bond donors (Lipinski definition) is 1. The summed E-state index contributed by atoms with van der Waals surface area (Å²) in [6, 6.07) is 13.3. The summed E-state index contributed by atoms with van der Waals surface area (Å²) in [6.07, 6.45) is 8.37. The molecule has 1 aliphatic rings. The first-order chi connectivity index (χ1) is 18.0. The number of hydrogen-bond acceptors (Lipinski definition) is 6. The zero-order chi connectivity index (χ0) is 26.2. The highest BCUT2D eigenvalue weighted by Crippen LogP contribution is 2.40. The van der Waals surface area contributed by atoms with E-state index in [0.29, 0.717) is 55.4 Å². The highest BCUT2D eigenvalue weighted by Gasteiger charge is 2.45. The van der Waals surface area contributed by atoms with Crippen molar-refractivity contribution in [3.8, 4) is 11.5 Å². The lowest BCUT2D eigenvalue weighted by Gasteiger charge is -2.25. The molecule has 0 aliphatic carbocycles.